The smallest absolute Gasteiger partial charge is 0.313 e. The first-order valence-corrected chi connectivity index (χ1v) is 7.97. The largest absolute Gasteiger partial charge is 0.481 e. The Bertz CT molecular complexity index is 726. The van der Waals surface area contributed by atoms with Crippen LogP contribution in [-0.4, -0.2) is 49.6 Å². The molecule has 0 spiro atoms. The number of amides is 1. The average Bonchev–Trinajstić information content (AvgIpc) is 2.74. The molecule has 0 aliphatic carbocycles. The van der Waals surface area contributed by atoms with Crippen molar-refractivity contribution in [2.24, 2.45) is 0 Å². The molecule has 22 heavy (non-hydrogen) atoms. The van der Waals surface area contributed by atoms with Crippen LogP contribution in [-0.2, 0) is 4.79 Å². The maximum Gasteiger partial charge on any atom is 0.313 e. The Morgan fingerprint density at radius 3 is 2.77 bits per heavy atom. The molecule has 0 aliphatic heterocycles. The second kappa shape index (κ2) is 6.78. The van der Waals surface area contributed by atoms with Crippen molar-refractivity contribution in [2.45, 2.75) is 20.8 Å². The fourth-order valence-electron chi connectivity index (χ4n) is 2.18. The van der Waals surface area contributed by atoms with Gasteiger partial charge in [0.15, 0.2) is 5.65 Å². The number of hydrogen-bond donors (Lipinski definition) is 2. The second-order valence-corrected chi connectivity index (χ2v) is 6.04. The van der Waals surface area contributed by atoms with Crippen LogP contribution in [0.25, 0.3) is 5.65 Å². The number of rotatable bonds is 6. The summed E-state index contributed by atoms with van der Waals surface area (Å²) in [7, 11) is 0. The summed E-state index contributed by atoms with van der Waals surface area (Å²) in [6, 6.07) is 1.91. The van der Waals surface area contributed by atoms with Crippen molar-refractivity contribution in [3.05, 3.63) is 28.7 Å². The number of fused-ring (bicyclic) bond motifs is 1. The van der Waals surface area contributed by atoms with E-state index in [9.17, 15) is 9.59 Å². The van der Waals surface area contributed by atoms with Crippen molar-refractivity contribution in [1.82, 2.24) is 19.9 Å². The van der Waals surface area contributed by atoms with E-state index in [1.165, 1.54) is 11.8 Å². The monoisotopic (exact) mass is 322 g/mol. The quantitative estimate of drug-likeness (QED) is 0.776. The summed E-state index contributed by atoms with van der Waals surface area (Å²) in [5.41, 5.74) is 3.38. The molecule has 1 amide bonds. The highest BCUT2D eigenvalue weighted by Gasteiger charge is 2.19. The van der Waals surface area contributed by atoms with Crippen molar-refractivity contribution < 1.29 is 14.7 Å². The molecule has 0 atom stereocenters. The molecule has 8 heteroatoms. The van der Waals surface area contributed by atoms with E-state index < -0.39 is 5.97 Å². The maximum absolute atomic E-state index is 12.3. The van der Waals surface area contributed by atoms with Crippen LogP contribution in [0.4, 0.5) is 0 Å². The molecule has 2 N–H and O–H groups in total. The van der Waals surface area contributed by atoms with Crippen LogP contribution in [0.3, 0.4) is 0 Å². The van der Waals surface area contributed by atoms with Crippen LogP contribution >= 0.6 is 11.8 Å². The van der Waals surface area contributed by atoms with Gasteiger partial charge < -0.3 is 10.4 Å². The van der Waals surface area contributed by atoms with Gasteiger partial charge in [0.25, 0.3) is 5.91 Å². The van der Waals surface area contributed by atoms with Crippen molar-refractivity contribution in [2.75, 3.05) is 18.1 Å². The van der Waals surface area contributed by atoms with Gasteiger partial charge in [0.1, 0.15) is 5.56 Å². The zero-order valence-electron chi connectivity index (χ0n) is 12.7. The SMILES string of the molecule is Cc1cc(C)n2nc(C)c(C(=O)NCCSCC(=O)O)c2n1. The molecule has 0 radical (unpaired) electrons. The first-order chi connectivity index (χ1) is 10.4. The topological polar surface area (TPSA) is 96.6 Å². The van der Waals surface area contributed by atoms with Gasteiger partial charge in [0.05, 0.1) is 11.4 Å². The number of aromatic nitrogens is 3. The lowest BCUT2D eigenvalue weighted by Crippen LogP contribution is -2.26. The first-order valence-electron chi connectivity index (χ1n) is 6.81. The van der Waals surface area contributed by atoms with Crippen LogP contribution in [0.1, 0.15) is 27.4 Å². The third kappa shape index (κ3) is 3.56. The summed E-state index contributed by atoms with van der Waals surface area (Å²) in [6.07, 6.45) is 0. The Hall–Kier alpha value is -2.09. The standard InChI is InChI=1S/C14H18N4O3S/c1-8-6-9(2)18-13(16-8)12(10(3)17-18)14(21)15-4-5-22-7-11(19)20/h6H,4-5,7H2,1-3H3,(H,15,21)(H,19,20). The molecular formula is C14H18N4O3S. The van der Waals surface area contributed by atoms with Crippen molar-refractivity contribution in [1.29, 1.82) is 0 Å². The molecular weight excluding hydrogens is 304 g/mol. The minimum atomic E-state index is -0.857. The summed E-state index contributed by atoms with van der Waals surface area (Å²) >= 11 is 1.26. The van der Waals surface area contributed by atoms with Gasteiger partial charge in [-0.2, -0.15) is 5.10 Å². The van der Waals surface area contributed by atoms with E-state index in [4.69, 9.17) is 5.11 Å². The van der Waals surface area contributed by atoms with Gasteiger partial charge in [-0.3, -0.25) is 9.59 Å². The molecule has 0 saturated carbocycles. The molecule has 2 heterocycles. The molecule has 2 aromatic rings. The van der Waals surface area contributed by atoms with Gasteiger partial charge in [-0.1, -0.05) is 0 Å². The van der Waals surface area contributed by atoms with E-state index in [-0.39, 0.29) is 11.7 Å². The molecule has 0 bridgehead atoms. The van der Waals surface area contributed by atoms with E-state index in [0.717, 1.165) is 11.4 Å². The molecule has 2 rings (SSSR count). The molecule has 0 saturated heterocycles. The summed E-state index contributed by atoms with van der Waals surface area (Å²) in [4.78, 5) is 27.1. The number of hydrogen-bond acceptors (Lipinski definition) is 5. The van der Waals surface area contributed by atoms with Gasteiger partial charge in [-0.25, -0.2) is 9.50 Å². The number of aliphatic carboxylic acids is 1. The van der Waals surface area contributed by atoms with Crippen molar-refractivity contribution in [3.63, 3.8) is 0 Å². The second-order valence-electron chi connectivity index (χ2n) is 4.94. The fraction of sp³-hybridized carbons (Fsp3) is 0.429. The normalized spacial score (nSPS) is 10.9. The number of carbonyl (C=O) groups is 2. The molecule has 0 aromatic carbocycles. The van der Waals surface area contributed by atoms with E-state index in [2.05, 4.69) is 15.4 Å². The Morgan fingerprint density at radius 2 is 2.09 bits per heavy atom. The highest BCUT2D eigenvalue weighted by molar-refractivity contribution is 7.99. The number of aryl methyl sites for hydroxylation is 3. The summed E-state index contributed by atoms with van der Waals surface area (Å²) in [6.45, 7) is 5.97. The highest BCUT2D eigenvalue weighted by atomic mass is 32.2. The highest BCUT2D eigenvalue weighted by Crippen LogP contribution is 2.16. The predicted octanol–water partition coefficient (Wildman–Crippen LogP) is 1.20. The maximum atomic E-state index is 12.3. The molecule has 0 unspecified atom stereocenters. The van der Waals surface area contributed by atoms with Crippen LogP contribution in [0.5, 0.6) is 0 Å². The number of thioether (sulfide) groups is 1. The molecule has 7 nitrogen and oxygen atoms in total. The van der Waals surface area contributed by atoms with E-state index in [0.29, 0.717) is 29.2 Å². The van der Waals surface area contributed by atoms with Crippen LogP contribution in [0.2, 0.25) is 0 Å². The molecule has 0 fully saturated rings. The van der Waals surface area contributed by atoms with Gasteiger partial charge in [0.2, 0.25) is 0 Å². The van der Waals surface area contributed by atoms with E-state index in [1.54, 1.807) is 11.4 Å². The number of nitrogens with one attached hydrogen (secondary N) is 1. The van der Waals surface area contributed by atoms with Gasteiger partial charge >= 0.3 is 5.97 Å². The summed E-state index contributed by atoms with van der Waals surface area (Å²) < 4.78 is 1.66. The van der Waals surface area contributed by atoms with E-state index >= 15 is 0 Å². The van der Waals surface area contributed by atoms with Crippen molar-refractivity contribution >= 4 is 29.3 Å². The zero-order valence-corrected chi connectivity index (χ0v) is 13.5. The predicted molar refractivity (Wildman–Crippen MR) is 84.5 cm³/mol. The third-order valence-corrected chi connectivity index (χ3v) is 4.00. The van der Waals surface area contributed by atoms with Gasteiger partial charge in [-0.05, 0) is 26.8 Å². The zero-order chi connectivity index (χ0) is 16.3. The van der Waals surface area contributed by atoms with E-state index in [1.807, 2.05) is 19.9 Å². The number of nitrogens with zero attached hydrogens (tertiary/aromatic N) is 3. The lowest BCUT2D eigenvalue weighted by molar-refractivity contribution is -0.133. The summed E-state index contributed by atoms with van der Waals surface area (Å²) in [5, 5.41) is 15.7. The van der Waals surface area contributed by atoms with Gasteiger partial charge in [0, 0.05) is 23.7 Å². The Balaban J connectivity index is 2.11. The summed E-state index contributed by atoms with van der Waals surface area (Å²) in [5.74, 6) is -0.515. The first kappa shape index (κ1) is 16.3. The Morgan fingerprint density at radius 1 is 1.36 bits per heavy atom. The van der Waals surface area contributed by atoms with Crippen LogP contribution in [0.15, 0.2) is 6.07 Å². The minimum absolute atomic E-state index is 0.0333. The fourth-order valence-corrected chi connectivity index (χ4v) is 2.74. The molecule has 118 valence electrons. The molecule has 2 aromatic heterocycles. The third-order valence-electron chi connectivity index (χ3n) is 3.05. The average molecular weight is 322 g/mol. The van der Waals surface area contributed by atoms with Crippen LogP contribution in [0, 0.1) is 20.8 Å². The lowest BCUT2D eigenvalue weighted by Gasteiger charge is -2.05. The van der Waals surface area contributed by atoms with Gasteiger partial charge in [-0.15, -0.1) is 11.8 Å². The number of carbonyl (C=O) groups excluding carboxylic acids is 1. The van der Waals surface area contributed by atoms with Crippen molar-refractivity contribution in [3.8, 4) is 0 Å². The minimum Gasteiger partial charge on any atom is -0.481 e. The lowest BCUT2D eigenvalue weighted by atomic mass is 10.2. The molecule has 0 aliphatic rings. The number of carboxylic acids is 1. The Kier molecular flexibility index (Phi) is 5.02. The Labute approximate surface area is 132 Å². The van der Waals surface area contributed by atoms with Crippen LogP contribution < -0.4 is 5.32 Å². The number of carboxylic acid groups (broad SMARTS) is 1.